The second-order valence-corrected chi connectivity index (χ2v) is 1.74. The topological polar surface area (TPSA) is 53.1 Å². The van der Waals surface area contributed by atoms with Gasteiger partial charge in [0.15, 0.2) is 5.96 Å². The number of hydrogen-bond acceptors (Lipinski definition) is 2. The molecule has 0 bridgehead atoms. The third-order valence-electron chi connectivity index (χ3n) is 0.580. The second kappa shape index (κ2) is 3.37. The molecule has 0 spiro atoms. The summed E-state index contributed by atoms with van der Waals surface area (Å²) in [6, 6.07) is 0. The number of thiol groups is 1. The molecule has 3 N–H and O–H groups in total. The molecule has 0 amide bonds. The number of nitrogens with zero attached hydrogens (tertiary/aromatic N) is 1. The molecule has 0 saturated carbocycles. The second-order valence-electron chi connectivity index (χ2n) is 1.26. The standard InChI is InChI=1S/C4H9N3S/c1-2-3-7(8)4(5)6/h2,8H,1,3H2,(H3,5,6). The maximum absolute atomic E-state index is 6.78. The molecule has 8 heavy (non-hydrogen) atoms. The van der Waals surface area contributed by atoms with Crippen LogP contribution in [0.15, 0.2) is 12.7 Å². The van der Waals surface area contributed by atoms with E-state index < -0.39 is 0 Å². The smallest absolute Gasteiger partial charge is 0.198 e. The van der Waals surface area contributed by atoms with E-state index in [1.165, 1.54) is 4.31 Å². The zero-order valence-electron chi connectivity index (χ0n) is 4.46. The Morgan fingerprint density at radius 1 is 2.00 bits per heavy atom. The van der Waals surface area contributed by atoms with E-state index in [0.29, 0.717) is 6.54 Å². The minimum atomic E-state index is -0.0618. The summed E-state index contributed by atoms with van der Waals surface area (Å²) in [7, 11) is 0. The third kappa shape index (κ3) is 2.52. The Balaban J connectivity index is 3.46. The lowest BCUT2D eigenvalue weighted by Crippen LogP contribution is -2.28. The quantitative estimate of drug-likeness (QED) is 0.217. The largest absolute Gasteiger partial charge is 0.369 e. The lowest BCUT2D eigenvalue weighted by Gasteiger charge is -2.10. The van der Waals surface area contributed by atoms with Crippen molar-refractivity contribution in [2.45, 2.75) is 0 Å². The predicted molar refractivity (Wildman–Crippen MR) is 37.8 cm³/mol. The maximum Gasteiger partial charge on any atom is 0.198 e. The van der Waals surface area contributed by atoms with Crippen molar-refractivity contribution >= 4 is 18.8 Å². The summed E-state index contributed by atoms with van der Waals surface area (Å²) < 4.78 is 1.28. The lowest BCUT2D eigenvalue weighted by atomic mass is 10.6. The van der Waals surface area contributed by atoms with Crippen LogP contribution in [0.5, 0.6) is 0 Å². The van der Waals surface area contributed by atoms with Gasteiger partial charge < -0.3 is 5.73 Å². The molecule has 0 radical (unpaired) electrons. The van der Waals surface area contributed by atoms with E-state index in [1.807, 2.05) is 0 Å². The summed E-state index contributed by atoms with van der Waals surface area (Å²) in [6.45, 7) is 3.94. The SMILES string of the molecule is C=CCN(S)C(=N)N. The molecule has 0 aliphatic rings. The number of rotatable bonds is 2. The molecular weight excluding hydrogens is 122 g/mol. The number of nitrogens with two attached hydrogens (primary N) is 1. The molecule has 46 valence electrons. The van der Waals surface area contributed by atoms with E-state index in [2.05, 4.69) is 19.4 Å². The van der Waals surface area contributed by atoms with Crippen LogP contribution >= 0.6 is 12.8 Å². The summed E-state index contributed by atoms with van der Waals surface area (Å²) >= 11 is 3.82. The van der Waals surface area contributed by atoms with Crippen molar-refractivity contribution in [2.24, 2.45) is 5.73 Å². The van der Waals surface area contributed by atoms with Crippen LogP contribution < -0.4 is 5.73 Å². The Bertz CT molecular complexity index is 101. The first kappa shape index (κ1) is 7.36. The fourth-order valence-corrected chi connectivity index (χ4v) is 0.336. The van der Waals surface area contributed by atoms with Crippen LogP contribution in [0.1, 0.15) is 0 Å². The molecule has 0 aliphatic heterocycles. The first-order valence-corrected chi connectivity index (χ1v) is 2.50. The molecule has 0 aromatic rings. The highest BCUT2D eigenvalue weighted by Gasteiger charge is 1.93. The third-order valence-corrected chi connectivity index (χ3v) is 0.959. The van der Waals surface area contributed by atoms with E-state index in [4.69, 9.17) is 11.1 Å². The number of guanidine groups is 1. The van der Waals surface area contributed by atoms with Gasteiger partial charge in [-0.25, -0.2) is 0 Å². The van der Waals surface area contributed by atoms with Crippen LogP contribution in [0.3, 0.4) is 0 Å². The van der Waals surface area contributed by atoms with Crippen molar-refractivity contribution in [1.82, 2.24) is 4.31 Å². The maximum atomic E-state index is 6.78. The van der Waals surface area contributed by atoms with E-state index in [9.17, 15) is 0 Å². The van der Waals surface area contributed by atoms with Crippen LogP contribution in [-0.4, -0.2) is 16.8 Å². The van der Waals surface area contributed by atoms with Gasteiger partial charge in [0.1, 0.15) is 0 Å². The zero-order valence-corrected chi connectivity index (χ0v) is 5.36. The minimum Gasteiger partial charge on any atom is -0.369 e. The lowest BCUT2D eigenvalue weighted by molar-refractivity contribution is 0.752. The molecule has 3 nitrogen and oxygen atoms in total. The Morgan fingerprint density at radius 3 is 2.62 bits per heavy atom. The van der Waals surface area contributed by atoms with Gasteiger partial charge in [-0.2, -0.15) is 0 Å². The molecule has 0 saturated heterocycles. The average molecular weight is 131 g/mol. The molecule has 0 unspecified atom stereocenters. The highest BCUT2D eigenvalue weighted by Crippen LogP contribution is 1.88. The molecule has 0 aromatic carbocycles. The molecule has 0 aromatic heterocycles. The van der Waals surface area contributed by atoms with Crippen molar-refractivity contribution in [3.8, 4) is 0 Å². The van der Waals surface area contributed by atoms with Gasteiger partial charge in [-0.05, 0) is 0 Å². The van der Waals surface area contributed by atoms with Crippen molar-refractivity contribution in [3.05, 3.63) is 12.7 Å². The van der Waals surface area contributed by atoms with Gasteiger partial charge in [0.2, 0.25) is 0 Å². The molecule has 0 heterocycles. The van der Waals surface area contributed by atoms with Crippen molar-refractivity contribution in [3.63, 3.8) is 0 Å². The van der Waals surface area contributed by atoms with E-state index >= 15 is 0 Å². The van der Waals surface area contributed by atoms with Gasteiger partial charge in [-0.1, -0.05) is 18.9 Å². The Kier molecular flexibility index (Phi) is 3.10. The van der Waals surface area contributed by atoms with Crippen LogP contribution in [-0.2, 0) is 0 Å². The van der Waals surface area contributed by atoms with Gasteiger partial charge in [-0.3, -0.25) is 9.71 Å². The predicted octanol–water partition coefficient (Wildman–Crippen LogP) is 0.213. The average Bonchev–Trinajstić information content (AvgIpc) is 1.67. The van der Waals surface area contributed by atoms with Crippen LogP contribution in [0.25, 0.3) is 0 Å². The number of hydrogen-bond donors (Lipinski definition) is 3. The van der Waals surface area contributed by atoms with E-state index in [1.54, 1.807) is 6.08 Å². The highest BCUT2D eigenvalue weighted by atomic mass is 32.1. The molecule has 4 heteroatoms. The molecule has 0 fully saturated rings. The van der Waals surface area contributed by atoms with Crippen molar-refractivity contribution < 1.29 is 0 Å². The Hall–Kier alpha value is -0.640. The van der Waals surface area contributed by atoms with E-state index in [0.717, 1.165) is 0 Å². The first-order valence-electron chi connectivity index (χ1n) is 2.10. The fraction of sp³-hybridized carbons (Fsp3) is 0.250. The van der Waals surface area contributed by atoms with Gasteiger partial charge in [0, 0.05) is 6.54 Å². The summed E-state index contributed by atoms with van der Waals surface area (Å²) in [5.41, 5.74) is 5.01. The van der Waals surface area contributed by atoms with Crippen molar-refractivity contribution in [2.75, 3.05) is 6.54 Å². The van der Waals surface area contributed by atoms with Gasteiger partial charge in [0.25, 0.3) is 0 Å². The normalized spacial score (nSPS) is 8.12. The fourth-order valence-electron chi connectivity index (χ4n) is 0.221. The van der Waals surface area contributed by atoms with Crippen LogP contribution in [0.2, 0.25) is 0 Å². The first-order chi connectivity index (χ1) is 3.68. The Labute approximate surface area is 54.2 Å². The molecule has 0 rings (SSSR count). The summed E-state index contributed by atoms with van der Waals surface area (Å²) in [6.07, 6.45) is 1.62. The molecule has 0 aliphatic carbocycles. The summed E-state index contributed by atoms with van der Waals surface area (Å²) in [5.74, 6) is -0.0618. The highest BCUT2D eigenvalue weighted by molar-refractivity contribution is 7.78. The van der Waals surface area contributed by atoms with Crippen molar-refractivity contribution in [1.29, 1.82) is 5.41 Å². The van der Waals surface area contributed by atoms with Gasteiger partial charge in [0.05, 0.1) is 0 Å². The van der Waals surface area contributed by atoms with E-state index in [-0.39, 0.29) is 5.96 Å². The molecule has 0 atom stereocenters. The summed E-state index contributed by atoms with van der Waals surface area (Å²) in [5, 5.41) is 6.78. The van der Waals surface area contributed by atoms with Gasteiger partial charge in [-0.15, -0.1) is 6.58 Å². The number of nitrogens with one attached hydrogen (secondary N) is 1. The van der Waals surface area contributed by atoms with Crippen LogP contribution in [0.4, 0.5) is 0 Å². The molecular formula is C4H9N3S. The van der Waals surface area contributed by atoms with Gasteiger partial charge >= 0.3 is 0 Å². The zero-order chi connectivity index (χ0) is 6.57. The monoisotopic (exact) mass is 131 g/mol. The minimum absolute atomic E-state index is 0.0618. The van der Waals surface area contributed by atoms with Crippen LogP contribution in [0, 0.1) is 5.41 Å². The Morgan fingerprint density at radius 2 is 2.50 bits per heavy atom. The summed E-state index contributed by atoms with van der Waals surface area (Å²) in [4.78, 5) is 0.